The first-order valence-corrected chi connectivity index (χ1v) is 8.38. The molecular weight excluding hydrogens is 286 g/mol. The standard InChI is InChI=1S/C16H23NO3S/c1-11(2)20-14(18)9-13-5-4-7-17(10-13)16(19)15-12(3)6-8-21-15/h6,8,11,13H,4-5,7,9-10H2,1-3H3/t13-/m1/s1. The molecule has 0 radical (unpaired) electrons. The molecule has 21 heavy (non-hydrogen) atoms. The van der Waals surface area contributed by atoms with Crippen molar-refractivity contribution in [3.8, 4) is 0 Å². The van der Waals surface area contributed by atoms with Gasteiger partial charge in [-0.1, -0.05) is 0 Å². The van der Waals surface area contributed by atoms with Crippen molar-refractivity contribution in [1.82, 2.24) is 4.90 Å². The molecule has 1 aromatic rings. The third-order valence-corrected chi connectivity index (χ3v) is 4.69. The van der Waals surface area contributed by atoms with E-state index in [9.17, 15) is 9.59 Å². The maximum atomic E-state index is 12.5. The van der Waals surface area contributed by atoms with Gasteiger partial charge in [0.25, 0.3) is 5.91 Å². The van der Waals surface area contributed by atoms with Gasteiger partial charge in [-0.05, 0) is 56.5 Å². The Labute approximate surface area is 130 Å². The predicted molar refractivity (Wildman–Crippen MR) is 83.5 cm³/mol. The van der Waals surface area contributed by atoms with Gasteiger partial charge in [0, 0.05) is 13.1 Å². The van der Waals surface area contributed by atoms with Crippen LogP contribution in [-0.4, -0.2) is 36.0 Å². The predicted octanol–water partition coefficient (Wildman–Crippen LogP) is 3.25. The Bertz CT molecular complexity index is 509. The molecule has 0 spiro atoms. The largest absolute Gasteiger partial charge is 0.463 e. The van der Waals surface area contributed by atoms with Crippen LogP contribution in [0.2, 0.25) is 0 Å². The lowest BCUT2D eigenvalue weighted by Gasteiger charge is -2.32. The molecule has 1 amide bonds. The fraction of sp³-hybridized carbons (Fsp3) is 0.625. The highest BCUT2D eigenvalue weighted by molar-refractivity contribution is 7.12. The van der Waals surface area contributed by atoms with E-state index in [-0.39, 0.29) is 23.9 Å². The van der Waals surface area contributed by atoms with E-state index in [1.165, 1.54) is 11.3 Å². The van der Waals surface area contributed by atoms with Crippen LogP contribution in [0.5, 0.6) is 0 Å². The summed E-state index contributed by atoms with van der Waals surface area (Å²) < 4.78 is 5.20. The topological polar surface area (TPSA) is 46.6 Å². The number of aryl methyl sites for hydroxylation is 1. The summed E-state index contributed by atoms with van der Waals surface area (Å²) in [5, 5.41) is 1.95. The van der Waals surface area contributed by atoms with Crippen LogP contribution >= 0.6 is 11.3 Å². The SMILES string of the molecule is Cc1ccsc1C(=O)N1CCC[C@H](CC(=O)OC(C)C)C1. The van der Waals surface area contributed by atoms with Crippen molar-refractivity contribution in [2.45, 2.75) is 46.1 Å². The van der Waals surface area contributed by atoms with Gasteiger partial charge in [0.15, 0.2) is 0 Å². The van der Waals surface area contributed by atoms with E-state index in [2.05, 4.69) is 0 Å². The highest BCUT2D eigenvalue weighted by Crippen LogP contribution is 2.24. The van der Waals surface area contributed by atoms with Gasteiger partial charge in [-0.3, -0.25) is 9.59 Å². The van der Waals surface area contributed by atoms with Gasteiger partial charge in [-0.2, -0.15) is 0 Å². The van der Waals surface area contributed by atoms with Gasteiger partial charge in [0.2, 0.25) is 0 Å². The second-order valence-corrected chi connectivity index (χ2v) is 6.85. The molecule has 0 N–H and O–H groups in total. The summed E-state index contributed by atoms with van der Waals surface area (Å²) >= 11 is 1.49. The van der Waals surface area contributed by atoms with Crippen LogP contribution in [0.4, 0.5) is 0 Å². The lowest BCUT2D eigenvalue weighted by Crippen LogP contribution is -2.40. The summed E-state index contributed by atoms with van der Waals surface area (Å²) in [7, 11) is 0. The molecule has 5 heteroatoms. The summed E-state index contributed by atoms with van der Waals surface area (Å²) in [6, 6.07) is 1.97. The van der Waals surface area contributed by atoms with E-state index in [0.717, 1.165) is 29.8 Å². The van der Waals surface area contributed by atoms with Crippen molar-refractivity contribution in [3.63, 3.8) is 0 Å². The number of rotatable bonds is 4. The van der Waals surface area contributed by atoms with Crippen molar-refractivity contribution in [3.05, 3.63) is 21.9 Å². The van der Waals surface area contributed by atoms with Crippen LogP contribution in [0.25, 0.3) is 0 Å². The molecule has 0 aliphatic carbocycles. The van der Waals surface area contributed by atoms with E-state index in [1.54, 1.807) is 0 Å². The Kier molecular flexibility index (Phi) is 5.39. The summed E-state index contributed by atoms with van der Waals surface area (Å²) in [4.78, 5) is 27.0. The van der Waals surface area contributed by atoms with Crippen molar-refractivity contribution in [2.75, 3.05) is 13.1 Å². The molecular formula is C16H23NO3S. The number of ether oxygens (including phenoxy) is 1. The molecule has 2 rings (SSSR count). The Hall–Kier alpha value is -1.36. The van der Waals surface area contributed by atoms with E-state index in [1.807, 2.05) is 37.1 Å². The first-order chi connectivity index (χ1) is 9.97. The normalized spacial score (nSPS) is 18.9. The lowest BCUT2D eigenvalue weighted by molar-refractivity contribution is -0.148. The van der Waals surface area contributed by atoms with Gasteiger partial charge in [-0.15, -0.1) is 11.3 Å². The molecule has 0 bridgehead atoms. The monoisotopic (exact) mass is 309 g/mol. The molecule has 1 aliphatic rings. The fourth-order valence-electron chi connectivity index (χ4n) is 2.70. The van der Waals surface area contributed by atoms with Gasteiger partial charge >= 0.3 is 5.97 Å². The first kappa shape index (κ1) is 16.0. The zero-order valence-electron chi connectivity index (χ0n) is 12.9. The Morgan fingerprint density at radius 1 is 1.48 bits per heavy atom. The maximum Gasteiger partial charge on any atom is 0.306 e. The van der Waals surface area contributed by atoms with Crippen molar-refractivity contribution < 1.29 is 14.3 Å². The van der Waals surface area contributed by atoms with E-state index < -0.39 is 0 Å². The maximum absolute atomic E-state index is 12.5. The summed E-state index contributed by atoms with van der Waals surface area (Å²) in [6.45, 7) is 7.11. The van der Waals surface area contributed by atoms with Gasteiger partial charge < -0.3 is 9.64 Å². The minimum Gasteiger partial charge on any atom is -0.463 e. The Morgan fingerprint density at radius 3 is 2.86 bits per heavy atom. The third-order valence-electron chi connectivity index (χ3n) is 3.69. The fourth-order valence-corrected chi connectivity index (χ4v) is 3.59. The van der Waals surface area contributed by atoms with Crippen molar-refractivity contribution in [2.24, 2.45) is 5.92 Å². The van der Waals surface area contributed by atoms with Crippen LogP contribution in [0.3, 0.4) is 0 Å². The van der Waals surface area contributed by atoms with Gasteiger partial charge in [0.05, 0.1) is 17.4 Å². The molecule has 0 unspecified atom stereocenters. The highest BCUT2D eigenvalue weighted by atomic mass is 32.1. The van der Waals surface area contributed by atoms with Crippen LogP contribution < -0.4 is 0 Å². The molecule has 4 nitrogen and oxygen atoms in total. The zero-order valence-corrected chi connectivity index (χ0v) is 13.7. The lowest BCUT2D eigenvalue weighted by atomic mass is 9.94. The molecule has 1 aromatic heterocycles. The molecule has 0 aromatic carbocycles. The smallest absolute Gasteiger partial charge is 0.306 e. The highest BCUT2D eigenvalue weighted by Gasteiger charge is 2.27. The zero-order chi connectivity index (χ0) is 15.4. The number of carbonyl (C=O) groups is 2. The number of hydrogen-bond donors (Lipinski definition) is 0. The van der Waals surface area contributed by atoms with E-state index in [4.69, 9.17) is 4.74 Å². The summed E-state index contributed by atoms with van der Waals surface area (Å²) in [6.07, 6.45) is 2.27. The van der Waals surface area contributed by atoms with Crippen molar-refractivity contribution >= 4 is 23.2 Å². The number of esters is 1. The number of hydrogen-bond acceptors (Lipinski definition) is 4. The minimum absolute atomic E-state index is 0.0763. The molecule has 2 heterocycles. The van der Waals surface area contributed by atoms with E-state index >= 15 is 0 Å². The second kappa shape index (κ2) is 7.07. The van der Waals surface area contributed by atoms with Crippen LogP contribution in [0.1, 0.15) is 48.3 Å². The number of carbonyl (C=O) groups excluding carboxylic acids is 2. The third kappa shape index (κ3) is 4.30. The van der Waals surface area contributed by atoms with Crippen LogP contribution in [-0.2, 0) is 9.53 Å². The number of piperidine rings is 1. The second-order valence-electron chi connectivity index (χ2n) is 5.93. The van der Waals surface area contributed by atoms with Crippen LogP contribution in [0, 0.1) is 12.8 Å². The number of likely N-dealkylation sites (tertiary alicyclic amines) is 1. The molecule has 1 aliphatic heterocycles. The number of nitrogens with zero attached hydrogens (tertiary/aromatic N) is 1. The molecule has 116 valence electrons. The molecule has 0 saturated carbocycles. The van der Waals surface area contributed by atoms with Gasteiger partial charge in [-0.25, -0.2) is 0 Å². The molecule has 1 fully saturated rings. The number of amides is 1. The minimum atomic E-state index is -0.156. The Balaban J connectivity index is 1.93. The quantitative estimate of drug-likeness (QED) is 0.802. The average molecular weight is 309 g/mol. The van der Waals surface area contributed by atoms with E-state index in [0.29, 0.717) is 13.0 Å². The van der Waals surface area contributed by atoms with Crippen LogP contribution in [0.15, 0.2) is 11.4 Å². The molecule has 1 atom stereocenters. The van der Waals surface area contributed by atoms with Crippen molar-refractivity contribution in [1.29, 1.82) is 0 Å². The molecule has 1 saturated heterocycles. The van der Waals surface area contributed by atoms with Gasteiger partial charge in [0.1, 0.15) is 0 Å². The summed E-state index contributed by atoms with van der Waals surface area (Å²) in [5.74, 6) is 0.162. The summed E-state index contributed by atoms with van der Waals surface area (Å²) in [5.41, 5.74) is 1.03. The Morgan fingerprint density at radius 2 is 2.24 bits per heavy atom. The number of thiophene rings is 1. The average Bonchev–Trinajstić information content (AvgIpc) is 2.83. The first-order valence-electron chi connectivity index (χ1n) is 7.50.